The van der Waals surface area contributed by atoms with E-state index < -0.39 is 5.41 Å². The number of imidazole rings is 1. The van der Waals surface area contributed by atoms with E-state index in [0.717, 1.165) is 24.1 Å². The molecule has 0 spiro atoms. The summed E-state index contributed by atoms with van der Waals surface area (Å²) in [5.41, 5.74) is 1.76. The van der Waals surface area contributed by atoms with Crippen molar-refractivity contribution in [2.45, 2.75) is 51.6 Å². The number of hydrogen-bond acceptors (Lipinski definition) is 4. The van der Waals surface area contributed by atoms with E-state index in [0.29, 0.717) is 25.1 Å². The van der Waals surface area contributed by atoms with Gasteiger partial charge in [-0.05, 0) is 45.1 Å². The number of esters is 1. The van der Waals surface area contributed by atoms with Crippen LogP contribution in [-0.4, -0.2) is 45.0 Å². The SMILES string of the molecule is CCOC(=O)[C@@]1(Cc2ccccc2)C[C@H]2CC[C@@H]1N2C(=O)c1c(C)ncn1C. The van der Waals surface area contributed by atoms with Crippen molar-refractivity contribution in [2.75, 3.05) is 6.61 Å². The predicted octanol–water partition coefficient (Wildman–Crippen LogP) is 2.90. The Kier molecular flexibility index (Phi) is 4.73. The highest BCUT2D eigenvalue weighted by molar-refractivity contribution is 5.95. The zero-order valence-electron chi connectivity index (χ0n) is 16.7. The van der Waals surface area contributed by atoms with Crippen molar-refractivity contribution in [1.29, 1.82) is 0 Å². The number of rotatable bonds is 5. The fraction of sp³-hybridized carbons (Fsp3) is 0.500. The number of fused-ring (bicyclic) bond motifs is 2. The van der Waals surface area contributed by atoms with Crippen LogP contribution in [0.5, 0.6) is 0 Å². The van der Waals surface area contributed by atoms with E-state index in [1.54, 1.807) is 10.9 Å². The van der Waals surface area contributed by atoms with Crippen molar-refractivity contribution >= 4 is 11.9 Å². The topological polar surface area (TPSA) is 64.4 Å². The molecular formula is C22H27N3O3. The molecule has 2 aliphatic rings. The molecule has 2 bridgehead atoms. The molecule has 1 aromatic heterocycles. The molecule has 2 saturated heterocycles. The molecule has 6 heteroatoms. The molecule has 0 aliphatic carbocycles. The lowest BCUT2D eigenvalue weighted by atomic mass is 9.70. The van der Waals surface area contributed by atoms with E-state index in [2.05, 4.69) is 4.98 Å². The number of hydrogen-bond donors (Lipinski definition) is 0. The minimum absolute atomic E-state index is 0.0239. The summed E-state index contributed by atoms with van der Waals surface area (Å²) >= 11 is 0. The van der Waals surface area contributed by atoms with Crippen LogP contribution >= 0.6 is 0 Å². The molecule has 0 N–H and O–H groups in total. The standard InChI is InChI=1S/C22H27N3O3/c1-4-28-21(27)22(12-16-8-6-5-7-9-16)13-17-10-11-18(22)25(17)20(26)19-15(2)23-14-24(19)3/h5-9,14,17-18H,4,10-13H2,1-3H3/t17-,18+,22+/m1/s1. The summed E-state index contributed by atoms with van der Waals surface area (Å²) in [7, 11) is 1.84. The maximum Gasteiger partial charge on any atom is 0.314 e. The Hall–Kier alpha value is -2.63. The van der Waals surface area contributed by atoms with E-state index in [9.17, 15) is 9.59 Å². The first-order valence-electron chi connectivity index (χ1n) is 9.99. The quantitative estimate of drug-likeness (QED) is 0.747. The molecule has 0 saturated carbocycles. The minimum Gasteiger partial charge on any atom is -0.465 e. The van der Waals surface area contributed by atoms with Crippen molar-refractivity contribution < 1.29 is 14.3 Å². The molecule has 0 radical (unpaired) electrons. The number of ether oxygens (including phenoxy) is 1. The summed E-state index contributed by atoms with van der Waals surface area (Å²) in [4.78, 5) is 32.8. The maximum absolute atomic E-state index is 13.4. The van der Waals surface area contributed by atoms with E-state index in [1.807, 2.05) is 56.1 Å². The first kappa shape index (κ1) is 18.7. The highest BCUT2D eigenvalue weighted by Gasteiger charge is 2.62. The van der Waals surface area contributed by atoms with Crippen LogP contribution < -0.4 is 0 Å². The second kappa shape index (κ2) is 7.08. The number of amides is 1. The lowest BCUT2D eigenvalue weighted by molar-refractivity contribution is -0.157. The van der Waals surface area contributed by atoms with Gasteiger partial charge in [0.15, 0.2) is 0 Å². The van der Waals surface area contributed by atoms with Crippen LogP contribution in [0.1, 0.15) is 47.9 Å². The van der Waals surface area contributed by atoms with E-state index in [-0.39, 0.29) is 24.0 Å². The predicted molar refractivity (Wildman–Crippen MR) is 105 cm³/mol. The van der Waals surface area contributed by atoms with Crippen molar-refractivity contribution in [3.8, 4) is 0 Å². The second-order valence-corrected chi connectivity index (χ2v) is 7.99. The summed E-state index contributed by atoms with van der Waals surface area (Å²) in [6.07, 6.45) is 4.70. The third kappa shape index (κ3) is 2.82. The van der Waals surface area contributed by atoms with Crippen LogP contribution in [-0.2, 0) is 23.0 Å². The molecule has 3 heterocycles. The summed E-state index contributed by atoms with van der Waals surface area (Å²) in [6, 6.07) is 9.97. The first-order chi connectivity index (χ1) is 13.5. The fourth-order valence-corrected chi connectivity index (χ4v) is 5.18. The van der Waals surface area contributed by atoms with Gasteiger partial charge >= 0.3 is 5.97 Å². The number of carbonyl (C=O) groups excluding carboxylic acids is 2. The minimum atomic E-state index is -0.678. The van der Waals surface area contributed by atoms with Gasteiger partial charge in [0.25, 0.3) is 5.91 Å². The first-order valence-corrected chi connectivity index (χ1v) is 9.99. The Bertz CT molecular complexity index is 872. The van der Waals surface area contributed by atoms with Crippen LogP contribution in [0.3, 0.4) is 0 Å². The van der Waals surface area contributed by atoms with E-state index >= 15 is 0 Å². The number of benzene rings is 1. The molecule has 4 rings (SSSR count). The van der Waals surface area contributed by atoms with Crippen LogP contribution in [0.25, 0.3) is 0 Å². The Morgan fingerprint density at radius 3 is 2.64 bits per heavy atom. The number of aromatic nitrogens is 2. The zero-order valence-corrected chi connectivity index (χ0v) is 16.7. The van der Waals surface area contributed by atoms with Gasteiger partial charge in [-0.25, -0.2) is 4.98 Å². The maximum atomic E-state index is 13.4. The molecular weight excluding hydrogens is 354 g/mol. The summed E-state index contributed by atoms with van der Waals surface area (Å²) in [6.45, 7) is 4.04. The molecule has 0 unspecified atom stereocenters. The largest absolute Gasteiger partial charge is 0.465 e. The van der Waals surface area contributed by atoms with Crippen LogP contribution in [0.4, 0.5) is 0 Å². The smallest absolute Gasteiger partial charge is 0.314 e. The van der Waals surface area contributed by atoms with Crippen molar-refractivity contribution in [3.05, 3.63) is 53.6 Å². The van der Waals surface area contributed by atoms with Crippen molar-refractivity contribution in [2.24, 2.45) is 12.5 Å². The van der Waals surface area contributed by atoms with Gasteiger partial charge in [-0.15, -0.1) is 0 Å². The summed E-state index contributed by atoms with van der Waals surface area (Å²) < 4.78 is 7.30. The molecule has 2 aromatic rings. The average molecular weight is 381 g/mol. The third-order valence-corrected chi connectivity index (χ3v) is 6.34. The van der Waals surface area contributed by atoms with Crippen molar-refractivity contribution in [1.82, 2.24) is 14.5 Å². The van der Waals surface area contributed by atoms with Crippen molar-refractivity contribution in [3.63, 3.8) is 0 Å². The molecule has 148 valence electrons. The van der Waals surface area contributed by atoms with Gasteiger partial charge in [-0.2, -0.15) is 0 Å². The molecule has 28 heavy (non-hydrogen) atoms. The molecule has 2 aliphatic heterocycles. The van der Waals surface area contributed by atoms with E-state index in [4.69, 9.17) is 4.74 Å². The normalized spacial score (nSPS) is 25.9. The van der Waals surface area contributed by atoms with Gasteiger partial charge in [0.2, 0.25) is 0 Å². The van der Waals surface area contributed by atoms with Crippen LogP contribution in [0.2, 0.25) is 0 Å². The van der Waals surface area contributed by atoms with Gasteiger partial charge in [-0.1, -0.05) is 30.3 Å². The molecule has 1 amide bonds. The van der Waals surface area contributed by atoms with Gasteiger partial charge in [0.1, 0.15) is 5.69 Å². The zero-order chi connectivity index (χ0) is 19.9. The summed E-state index contributed by atoms with van der Waals surface area (Å²) in [5.74, 6) is -0.199. The van der Waals surface area contributed by atoms with Crippen LogP contribution in [0, 0.1) is 12.3 Å². The molecule has 2 fully saturated rings. The highest BCUT2D eigenvalue weighted by atomic mass is 16.5. The van der Waals surface area contributed by atoms with E-state index in [1.165, 1.54) is 0 Å². The lowest BCUT2D eigenvalue weighted by Crippen LogP contribution is -2.47. The Labute approximate surface area is 165 Å². The lowest BCUT2D eigenvalue weighted by Gasteiger charge is -2.35. The van der Waals surface area contributed by atoms with Gasteiger partial charge in [-0.3, -0.25) is 9.59 Å². The number of nitrogens with zero attached hydrogens (tertiary/aromatic N) is 3. The molecule has 6 nitrogen and oxygen atoms in total. The second-order valence-electron chi connectivity index (χ2n) is 7.99. The molecule has 1 aromatic carbocycles. The Balaban J connectivity index is 1.71. The Morgan fingerprint density at radius 2 is 2.00 bits per heavy atom. The number of aryl methyl sites for hydroxylation is 2. The average Bonchev–Trinajstić information content (AvgIpc) is 3.34. The Morgan fingerprint density at radius 1 is 1.25 bits per heavy atom. The van der Waals surface area contributed by atoms with Gasteiger partial charge < -0.3 is 14.2 Å². The summed E-state index contributed by atoms with van der Waals surface area (Å²) in [5, 5.41) is 0. The van der Waals surface area contributed by atoms with Gasteiger partial charge in [0.05, 0.1) is 24.0 Å². The molecule has 3 atom stereocenters. The highest BCUT2D eigenvalue weighted by Crippen LogP contribution is 2.52. The fourth-order valence-electron chi connectivity index (χ4n) is 5.18. The van der Waals surface area contributed by atoms with Crippen LogP contribution in [0.15, 0.2) is 36.7 Å². The third-order valence-electron chi connectivity index (χ3n) is 6.34. The number of carbonyl (C=O) groups is 2. The van der Waals surface area contributed by atoms with Gasteiger partial charge in [0, 0.05) is 19.1 Å². The monoisotopic (exact) mass is 381 g/mol.